The van der Waals surface area contributed by atoms with Crippen molar-refractivity contribution in [1.82, 2.24) is 10.2 Å². The van der Waals surface area contributed by atoms with Gasteiger partial charge in [-0.3, -0.25) is 13.9 Å². The molecule has 220 valence electrons. The highest BCUT2D eigenvalue weighted by Gasteiger charge is 2.32. The number of amides is 2. The number of rotatable bonds is 12. The van der Waals surface area contributed by atoms with Gasteiger partial charge in [0.2, 0.25) is 11.8 Å². The Kier molecular flexibility index (Phi) is 11.0. The number of nitrogens with zero attached hydrogens (tertiary/aromatic N) is 2. The van der Waals surface area contributed by atoms with Gasteiger partial charge >= 0.3 is 0 Å². The lowest BCUT2D eigenvalue weighted by atomic mass is 10.0. The summed E-state index contributed by atoms with van der Waals surface area (Å²) in [5.41, 5.74) is 3.10. The number of nitrogens with one attached hydrogen (secondary N) is 1. The van der Waals surface area contributed by atoms with Crippen LogP contribution in [0.5, 0.6) is 0 Å². The lowest BCUT2D eigenvalue weighted by molar-refractivity contribution is -0.139. The highest BCUT2D eigenvalue weighted by Crippen LogP contribution is 2.27. The van der Waals surface area contributed by atoms with E-state index in [1.165, 1.54) is 17.0 Å². The molecule has 41 heavy (non-hydrogen) atoms. The average molecular weight is 598 g/mol. The lowest BCUT2D eigenvalue weighted by Crippen LogP contribution is -2.52. The van der Waals surface area contributed by atoms with Gasteiger partial charge in [-0.15, -0.1) is 0 Å². The summed E-state index contributed by atoms with van der Waals surface area (Å²) in [5.74, 6) is -0.557. The van der Waals surface area contributed by atoms with E-state index in [4.69, 9.17) is 11.6 Å². The highest BCUT2D eigenvalue weighted by molar-refractivity contribution is 7.92. The number of sulfonamides is 1. The van der Waals surface area contributed by atoms with Crippen LogP contribution in [0, 0.1) is 6.92 Å². The molecule has 2 amide bonds. The first-order valence-electron chi connectivity index (χ1n) is 13.9. The predicted molar refractivity (Wildman–Crippen MR) is 166 cm³/mol. The second-order valence-corrected chi connectivity index (χ2v) is 13.0. The van der Waals surface area contributed by atoms with Crippen LogP contribution in [0.4, 0.5) is 5.69 Å². The molecule has 0 heterocycles. The standard InChI is InChI=1S/C32H40ClN3O4S/c1-7-24(5)34-32(38)25(6)35(20-26-10-14-28(33)15-11-26)31(37)21-36(29-16-12-27(13-17-29)22(2)3)41(39,40)30-18-8-23(4)9-19-30/h8-19,22,24-25H,7,20-21H2,1-6H3,(H,34,38)/t24-,25-/m0/s1. The smallest absolute Gasteiger partial charge is 0.264 e. The molecule has 3 aromatic carbocycles. The lowest BCUT2D eigenvalue weighted by Gasteiger charge is -2.32. The summed E-state index contributed by atoms with van der Waals surface area (Å²) >= 11 is 6.06. The largest absolute Gasteiger partial charge is 0.352 e. The molecular formula is C32H40ClN3O4S. The van der Waals surface area contributed by atoms with Crippen molar-refractivity contribution in [2.24, 2.45) is 0 Å². The van der Waals surface area contributed by atoms with Crippen LogP contribution in [-0.2, 0) is 26.2 Å². The number of anilines is 1. The zero-order chi connectivity index (χ0) is 30.3. The minimum atomic E-state index is -4.11. The number of carbonyl (C=O) groups is 2. The third kappa shape index (κ3) is 8.33. The Labute approximate surface area is 249 Å². The summed E-state index contributed by atoms with van der Waals surface area (Å²) in [6.07, 6.45) is 0.735. The van der Waals surface area contributed by atoms with Gasteiger partial charge in [0.05, 0.1) is 10.6 Å². The summed E-state index contributed by atoms with van der Waals surface area (Å²) in [6, 6.07) is 19.8. The topological polar surface area (TPSA) is 86.8 Å². The van der Waals surface area contributed by atoms with Crippen molar-refractivity contribution < 1.29 is 18.0 Å². The van der Waals surface area contributed by atoms with E-state index in [1.807, 2.05) is 32.9 Å². The molecule has 2 atom stereocenters. The molecule has 9 heteroatoms. The molecule has 1 N–H and O–H groups in total. The Morgan fingerprint density at radius 1 is 0.878 bits per heavy atom. The second kappa shape index (κ2) is 14.0. The molecule has 3 aromatic rings. The van der Waals surface area contributed by atoms with E-state index in [1.54, 1.807) is 55.5 Å². The van der Waals surface area contributed by atoms with Crippen LogP contribution < -0.4 is 9.62 Å². The van der Waals surface area contributed by atoms with Crippen LogP contribution in [0.25, 0.3) is 0 Å². The molecule has 0 radical (unpaired) electrons. The van der Waals surface area contributed by atoms with E-state index >= 15 is 0 Å². The first-order chi connectivity index (χ1) is 19.3. The van der Waals surface area contributed by atoms with Crippen LogP contribution in [-0.4, -0.2) is 43.8 Å². The molecule has 0 saturated heterocycles. The van der Waals surface area contributed by atoms with Crippen LogP contribution >= 0.6 is 11.6 Å². The fourth-order valence-electron chi connectivity index (χ4n) is 4.23. The van der Waals surface area contributed by atoms with Crippen molar-refractivity contribution in [1.29, 1.82) is 0 Å². The summed E-state index contributed by atoms with van der Waals surface area (Å²) in [7, 11) is -4.11. The molecule has 0 aromatic heterocycles. The first kappa shape index (κ1) is 32.2. The molecule has 3 rings (SSSR count). The Morgan fingerprint density at radius 3 is 2.00 bits per heavy atom. The number of halogens is 1. The van der Waals surface area contributed by atoms with Gasteiger partial charge in [0.1, 0.15) is 12.6 Å². The SMILES string of the molecule is CC[C@H](C)NC(=O)[C@H](C)N(Cc1ccc(Cl)cc1)C(=O)CN(c1ccc(C(C)C)cc1)S(=O)(=O)c1ccc(C)cc1. The van der Waals surface area contributed by atoms with Gasteiger partial charge in [0.15, 0.2) is 0 Å². The van der Waals surface area contributed by atoms with Crippen molar-refractivity contribution in [3.05, 3.63) is 94.5 Å². The second-order valence-electron chi connectivity index (χ2n) is 10.7. The van der Waals surface area contributed by atoms with E-state index in [0.717, 1.165) is 27.4 Å². The third-order valence-corrected chi connectivity index (χ3v) is 9.21. The molecule has 0 aliphatic heterocycles. The molecule has 0 spiro atoms. The summed E-state index contributed by atoms with van der Waals surface area (Å²) < 4.78 is 29.1. The van der Waals surface area contributed by atoms with Crippen molar-refractivity contribution in [3.63, 3.8) is 0 Å². The summed E-state index contributed by atoms with van der Waals surface area (Å²) in [6.45, 7) is 11.1. The maximum atomic E-state index is 14.0. The molecule has 0 fully saturated rings. The highest BCUT2D eigenvalue weighted by atomic mass is 35.5. The van der Waals surface area contributed by atoms with E-state index in [9.17, 15) is 18.0 Å². The molecule has 0 unspecified atom stereocenters. The number of aryl methyl sites for hydroxylation is 1. The molecule has 0 aliphatic rings. The molecule has 0 bridgehead atoms. The van der Waals surface area contributed by atoms with Crippen molar-refractivity contribution in [2.75, 3.05) is 10.8 Å². The number of benzene rings is 3. The van der Waals surface area contributed by atoms with Gasteiger partial charge in [-0.2, -0.15) is 0 Å². The van der Waals surface area contributed by atoms with E-state index < -0.39 is 28.5 Å². The van der Waals surface area contributed by atoms with Crippen molar-refractivity contribution >= 4 is 39.1 Å². The fourth-order valence-corrected chi connectivity index (χ4v) is 5.77. The van der Waals surface area contributed by atoms with Crippen LogP contribution in [0.15, 0.2) is 77.7 Å². The maximum Gasteiger partial charge on any atom is 0.264 e. The Hall–Kier alpha value is -3.36. The third-order valence-electron chi connectivity index (χ3n) is 7.17. The number of hydrogen-bond donors (Lipinski definition) is 1. The van der Waals surface area contributed by atoms with Crippen molar-refractivity contribution in [2.45, 2.75) is 77.4 Å². The Bertz CT molecular complexity index is 1420. The van der Waals surface area contributed by atoms with E-state index in [-0.39, 0.29) is 29.3 Å². The van der Waals surface area contributed by atoms with Crippen LogP contribution in [0.1, 0.15) is 63.6 Å². The quantitative estimate of drug-likeness (QED) is 0.265. The van der Waals surface area contributed by atoms with Crippen LogP contribution in [0.3, 0.4) is 0 Å². The molecular weight excluding hydrogens is 558 g/mol. The number of carbonyl (C=O) groups excluding carboxylic acids is 2. The van der Waals surface area contributed by atoms with Crippen LogP contribution in [0.2, 0.25) is 5.02 Å². The average Bonchev–Trinajstić information content (AvgIpc) is 2.95. The Morgan fingerprint density at radius 2 is 1.46 bits per heavy atom. The zero-order valence-corrected chi connectivity index (χ0v) is 26.2. The van der Waals surface area contributed by atoms with E-state index in [2.05, 4.69) is 19.2 Å². The minimum Gasteiger partial charge on any atom is -0.352 e. The maximum absolute atomic E-state index is 14.0. The monoisotopic (exact) mass is 597 g/mol. The van der Waals surface area contributed by atoms with Gasteiger partial charge in [-0.05, 0) is 80.6 Å². The molecule has 7 nitrogen and oxygen atoms in total. The first-order valence-corrected chi connectivity index (χ1v) is 15.7. The number of hydrogen-bond acceptors (Lipinski definition) is 4. The fraction of sp³-hybridized carbons (Fsp3) is 0.375. The zero-order valence-electron chi connectivity index (χ0n) is 24.6. The predicted octanol–water partition coefficient (Wildman–Crippen LogP) is 6.30. The molecule has 0 saturated carbocycles. The van der Waals surface area contributed by atoms with Gasteiger partial charge in [0, 0.05) is 17.6 Å². The van der Waals surface area contributed by atoms with Gasteiger partial charge < -0.3 is 10.2 Å². The van der Waals surface area contributed by atoms with E-state index in [0.29, 0.717) is 10.7 Å². The molecule has 0 aliphatic carbocycles. The Balaban J connectivity index is 2.03. The minimum absolute atomic E-state index is 0.0738. The van der Waals surface area contributed by atoms with Crippen molar-refractivity contribution in [3.8, 4) is 0 Å². The van der Waals surface area contributed by atoms with Gasteiger partial charge in [-0.25, -0.2) is 8.42 Å². The van der Waals surface area contributed by atoms with Gasteiger partial charge in [-0.1, -0.05) is 74.3 Å². The summed E-state index contributed by atoms with van der Waals surface area (Å²) in [5, 5.41) is 3.49. The summed E-state index contributed by atoms with van der Waals surface area (Å²) in [4.78, 5) is 28.7. The van der Waals surface area contributed by atoms with Gasteiger partial charge in [0.25, 0.3) is 10.0 Å². The normalized spacial score (nSPS) is 13.0.